The molecule has 0 spiro atoms. The summed E-state index contributed by atoms with van der Waals surface area (Å²) < 4.78 is 12.4. The molecular formula is C25H25N5O4. The Morgan fingerprint density at radius 3 is 2.74 bits per heavy atom. The quantitative estimate of drug-likeness (QED) is 0.493. The van der Waals surface area contributed by atoms with Crippen molar-refractivity contribution in [2.75, 3.05) is 33.0 Å². The van der Waals surface area contributed by atoms with Crippen LogP contribution in [0.2, 0.25) is 0 Å². The zero-order valence-electron chi connectivity index (χ0n) is 18.7. The summed E-state index contributed by atoms with van der Waals surface area (Å²) in [6.45, 7) is 4.37. The number of piperazine rings is 1. The van der Waals surface area contributed by atoms with Crippen molar-refractivity contribution < 1.29 is 14.3 Å². The summed E-state index contributed by atoms with van der Waals surface area (Å²) in [6, 6.07) is 13.7. The maximum Gasteiger partial charge on any atom is 0.277 e. The molecule has 9 heteroatoms. The first-order valence-corrected chi connectivity index (χ1v) is 11.5. The lowest BCUT2D eigenvalue weighted by molar-refractivity contribution is -0.133. The molecular weight excluding hydrogens is 434 g/mol. The van der Waals surface area contributed by atoms with Crippen LogP contribution in [0.25, 0.3) is 21.9 Å². The van der Waals surface area contributed by atoms with Crippen LogP contribution in [0.15, 0.2) is 53.6 Å². The van der Waals surface area contributed by atoms with Crippen molar-refractivity contribution in [3.8, 4) is 11.5 Å². The number of fused-ring (bicyclic) bond motifs is 4. The third-order valence-corrected chi connectivity index (χ3v) is 6.61. The molecule has 6 rings (SSSR count). The highest BCUT2D eigenvalue weighted by Crippen LogP contribution is 2.32. The van der Waals surface area contributed by atoms with Gasteiger partial charge in [0.25, 0.3) is 5.56 Å². The van der Waals surface area contributed by atoms with Crippen LogP contribution in [-0.4, -0.2) is 63.2 Å². The molecule has 0 bridgehead atoms. The number of amides is 1. The zero-order chi connectivity index (χ0) is 23.1. The molecule has 4 aromatic rings. The van der Waals surface area contributed by atoms with Crippen LogP contribution in [0.5, 0.6) is 11.5 Å². The summed E-state index contributed by atoms with van der Waals surface area (Å²) in [5.41, 5.74) is 3.05. The lowest BCUT2D eigenvalue weighted by Gasteiger charge is -2.34. The number of para-hydroxylation sites is 1. The van der Waals surface area contributed by atoms with Crippen LogP contribution in [0.3, 0.4) is 0 Å². The summed E-state index contributed by atoms with van der Waals surface area (Å²) in [5, 5.41) is 0.927. The predicted octanol–water partition coefficient (Wildman–Crippen LogP) is 2.34. The average Bonchev–Trinajstić information content (AvgIpc) is 3.48. The SMILES string of the molecule is O=C(CCn1cnc2c([nH]c3ccccc32)c1=O)N1CCN(Cc2ccc3c(c2)OCO3)CC1. The molecule has 174 valence electrons. The molecule has 1 N–H and O–H groups in total. The van der Waals surface area contributed by atoms with Crippen molar-refractivity contribution in [1.82, 2.24) is 24.3 Å². The molecule has 0 radical (unpaired) electrons. The van der Waals surface area contributed by atoms with E-state index in [1.54, 1.807) is 6.33 Å². The Morgan fingerprint density at radius 1 is 1.03 bits per heavy atom. The Morgan fingerprint density at radius 2 is 1.85 bits per heavy atom. The number of nitrogens with zero attached hydrogens (tertiary/aromatic N) is 4. The number of rotatable bonds is 5. The first kappa shape index (κ1) is 20.7. The maximum atomic E-state index is 12.9. The molecule has 2 aliphatic heterocycles. The number of benzene rings is 2. The Kier molecular flexibility index (Phi) is 5.18. The van der Waals surface area contributed by atoms with Crippen molar-refractivity contribution in [3.05, 3.63) is 64.7 Å². The molecule has 2 aliphatic rings. The van der Waals surface area contributed by atoms with Gasteiger partial charge in [-0.15, -0.1) is 0 Å². The van der Waals surface area contributed by atoms with E-state index in [-0.39, 0.29) is 24.7 Å². The number of aromatic nitrogens is 3. The van der Waals surface area contributed by atoms with Crippen LogP contribution < -0.4 is 15.0 Å². The van der Waals surface area contributed by atoms with Gasteiger partial charge in [-0.2, -0.15) is 0 Å². The third-order valence-electron chi connectivity index (χ3n) is 6.61. The number of hydrogen-bond acceptors (Lipinski definition) is 6. The van der Waals surface area contributed by atoms with E-state index in [1.165, 1.54) is 10.1 Å². The van der Waals surface area contributed by atoms with Gasteiger partial charge in [-0.1, -0.05) is 24.3 Å². The average molecular weight is 460 g/mol. The van der Waals surface area contributed by atoms with Crippen LogP contribution in [0.4, 0.5) is 0 Å². The lowest BCUT2D eigenvalue weighted by Crippen LogP contribution is -2.48. The van der Waals surface area contributed by atoms with E-state index in [2.05, 4.69) is 20.9 Å². The summed E-state index contributed by atoms with van der Waals surface area (Å²) in [6.07, 6.45) is 1.82. The van der Waals surface area contributed by atoms with Gasteiger partial charge >= 0.3 is 0 Å². The van der Waals surface area contributed by atoms with Crippen LogP contribution in [0.1, 0.15) is 12.0 Å². The first-order valence-electron chi connectivity index (χ1n) is 11.5. The number of H-pyrrole nitrogens is 1. The van der Waals surface area contributed by atoms with Gasteiger partial charge in [-0.25, -0.2) is 4.98 Å². The second kappa shape index (κ2) is 8.49. The normalized spacial score (nSPS) is 15.9. The van der Waals surface area contributed by atoms with E-state index >= 15 is 0 Å². The molecule has 4 heterocycles. The highest BCUT2D eigenvalue weighted by Gasteiger charge is 2.22. The van der Waals surface area contributed by atoms with Crippen molar-refractivity contribution in [2.24, 2.45) is 0 Å². The van der Waals surface area contributed by atoms with Gasteiger partial charge in [0.05, 0.1) is 6.33 Å². The fraction of sp³-hybridized carbons (Fsp3) is 0.320. The number of aromatic amines is 1. The molecule has 0 atom stereocenters. The van der Waals surface area contributed by atoms with Crippen LogP contribution in [-0.2, 0) is 17.9 Å². The van der Waals surface area contributed by atoms with Gasteiger partial charge < -0.3 is 19.4 Å². The molecule has 0 saturated carbocycles. The molecule has 2 aromatic heterocycles. The number of carbonyl (C=O) groups excluding carboxylic acids is 1. The Labute approximate surface area is 195 Å². The predicted molar refractivity (Wildman–Crippen MR) is 127 cm³/mol. The summed E-state index contributed by atoms with van der Waals surface area (Å²) >= 11 is 0. The van der Waals surface area contributed by atoms with Crippen molar-refractivity contribution in [2.45, 2.75) is 19.5 Å². The fourth-order valence-corrected chi connectivity index (χ4v) is 4.73. The molecule has 1 fully saturated rings. The Balaban J connectivity index is 1.05. The van der Waals surface area contributed by atoms with Crippen LogP contribution >= 0.6 is 0 Å². The topological polar surface area (TPSA) is 92.7 Å². The van der Waals surface area contributed by atoms with E-state index in [0.717, 1.165) is 42.0 Å². The first-order chi connectivity index (χ1) is 16.7. The van der Waals surface area contributed by atoms with Crippen molar-refractivity contribution in [1.29, 1.82) is 0 Å². The molecule has 9 nitrogen and oxygen atoms in total. The molecule has 1 amide bonds. The number of nitrogens with one attached hydrogen (secondary N) is 1. The molecule has 0 unspecified atom stereocenters. The van der Waals surface area contributed by atoms with Crippen molar-refractivity contribution in [3.63, 3.8) is 0 Å². The van der Waals surface area contributed by atoms with Crippen LogP contribution in [0, 0.1) is 0 Å². The second-order valence-electron chi connectivity index (χ2n) is 8.73. The lowest BCUT2D eigenvalue weighted by atomic mass is 10.1. The van der Waals surface area contributed by atoms with Gasteiger partial charge in [0.1, 0.15) is 11.0 Å². The monoisotopic (exact) mass is 459 g/mol. The van der Waals surface area contributed by atoms with Gasteiger partial charge in [-0.05, 0) is 23.8 Å². The minimum absolute atomic E-state index is 0.0615. The number of carbonyl (C=O) groups is 1. The van der Waals surface area contributed by atoms with Gasteiger partial charge in [-0.3, -0.25) is 19.1 Å². The summed E-state index contributed by atoms with van der Waals surface area (Å²) in [7, 11) is 0. The van der Waals surface area contributed by atoms with Gasteiger partial charge in [0, 0.05) is 56.6 Å². The zero-order valence-corrected chi connectivity index (χ0v) is 18.7. The third kappa shape index (κ3) is 3.77. The molecule has 1 saturated heterocycles. The number of hydrogen-bond donors (Lipinski definition) is 1. The highest BCUT2D eigenvalue weighted by atomic mass is 16.7. The largest absolute Gasteiger partial charge is 0.454 e. The smallest absolute Gasteiger partial charge is 0.277 e. The van der Waals surface area contributed by atoms with Crippen molar-refractivity contribution >= 4 is 27.8 Å². The van der Waals surface area contributed by atoms with Gasteiger partial charge in [0.2, 0.25) is 12.7 Å². The number of ether oxygens (including phenoxy) is 2. The summed E-state index contributed by atoms with van der Waals surface area (Å²) in [4.78, 5) is 37.6. The van der Waals surface area contributed by atoms with E-state index in [1.807, 2.05) is 41.3 Å². The maximum absolute atomic E-state index is 12.9. The minimum atomic E-state index is -0.150. The molecule has 2 aromatic carbocycles. The van der Waals surface area contributed by atoms with E-state index in [4.69, 9.17) is 9.47 Å². The number of aryl methyl sites for hydroxylation is 1. The summed E-state index contributed by atoms with van der Waals surface area (Å²) in [5.74, 6) is 1.64. The minimum Gasteiger partial charge on any atom is -0.454 e. The Hall–Kier alpha value is -3.85. The molecule has 0 aliphatic carbocycles. The highest BCUT2D eigenvalue weighted by molar-refractivity contribution is 6.04. The second-order valence-corrected chi connectivity index (χ2v) is 8.73. The molecule has 34 heavy (non-hydrogen) atoms. The fourth-order valence-electron chi connectivity index (χ4n) is 4.73. The van der Waals surface area contributed by atoms with E-state index in [0.29, 0.717) is 30.7 Å². The Bertz CT molecular complexity index is 1430. The standard InChI is InChI=1S/C25H25N5O4/c31-22(7-8-30-15-26-23-18-3-1-2-4-19(18)27-24(23)25(30)32)29-11-9-28(10-12-29)14-17-5-6-20-21(13-17)34-16-33-20/h1-6,13,15,27H,7-12,14,16H2. The van der Waals surface area contributed by atoms with E-state index < -0.39 is 0 Å². The van der Waals surface area contributed by atoms with Gasteiger partial charge in [0.15, 0.2) is 11.5 Å². The van der Waals surface area contributed by atoms with E-state index in [9.17, 15) is 9.59 Å².